The average Bonchev–Trinajstić information content (AvgIpc) is 2.94. The molecule has 1 aromatic carbocycles. The summed E-state index contributed by atoms with van der Waals surface area (Å²) in [5.41, 5.74) is 0.754. The Bertz CT molecular complexity index is 559. The van der Waals surface area contributed by atoms with Gasteiger partial charge in [0, 0.05) is 13.1 Å². The van der Waals surface area contributed by atoms with Gasteiger partial charge >= 0.3 is 5.97 Å². The third-order valence-electron chi connectivity index (χ3n) is 3.28. The van der Waals surface area contributed by atoms with E-state index in [1.807, 2.05) is 0 Å². The molecule has 1 aliphatic heterocycles. The molecule has 1 heterocycles. The van der Waals surface area contributed by atoms with E-state index in [2.05, 4.69) is 0 Å². The summed E-state index contributed by atoms with van der Waals surface area (Å²) < 4.78 is 31.0. The summed E-state index contributed by atoms with van der Waals surface area (Å²) in [6.07, 6.45) is 2.00. The molecule has 1 fully saturated rings. The summed E-state index contributed by atoms with van der Waals surface area (Å²) >= 11 is 0. The van der Waals surface area contributed by atoms with Gasteiger partial charge < -0.3 is 4.74 Å². The first-order valence-corrected chi connectivity index (χ1v) is 8.23. The second-order valence-electron chi connectivity index (χ2n) is 4.74. The van der Waals surface area contributed by atoms with Gasteiger partial charge in [0.15, 0.2) is 0 Å². The highest BCUT2D eigenvalue weighted by Gasteiger charge is 2.26. The molecule has 0 atom stereocenters. The smallest absolute Gasteiger partial charge is 0.310 e. The third-order valence-corrected chi connectivity index (χ3v) is 5.19. The number of sulfonamides is 1. The maximum atomic E-state index is 12.3. The van der Waals surface area contributed by atoms with Gasteiger partial charge in [0.2, 0.25) is 10.0 Å². The molecule has 1 saturated heterocycles. The number of ether oxygens (including phenoxy) is 1. The number of carbonyl (C=O) groups is 1. The number of hydrogen-bond acceptors (Lipinski definition) is 4. The Balaban J connectivity index is 2.09. The van der Waals surface area contributed by atoms with Crippen LogP contribution in [0.3, 0.4) is 0 Å². The molecule has 0 amide bonds. The van der Waals surface area contributed by atoms with Crippen LogP contribution < -0.4 is 0 Å². The molecule has 2 rings (SSSR count). The first kappa shape index (κ1) is 15.0. The zero-order chi connectivity index (χ0) is 14.6. The molecule has 110 valence electrons. The molecule has 0 spiro atoms. The van der Waals surface area contributed by atoms with Gasteiger partial charge in [-0.15, -0.1) is 0 Å². The summed E-state index contributed by atoms with van der Waals surface area (Å²) in [6, 6.07) is 6.45. The maximum absolute atomic E-state index is 12.3. The van der Waals surface area contributed by atoms with Crippen molar-refractivity contribution in [2.45, 2.75) is 31.1 Å². The predicted molar refractivity (Wildman–Crippen MR) is 74.8 cm³/mol. The van der Waals surface area contributed by atoms with Crippen LogP contribution >= 0.6 is 0 Å². The average molecular weight is 297 g/mol. The van der Waals surface area contributed by atoms with Crippen LogP contribution in [0.25, 0.3) is 0 Å². The minimum atomic E-state index is -3.38. The van der Waals surface area contributed by atoms with Crippen LogP contribution in [0.2, 0.25) is 0 Å². The number of esters is 1. The minimum Gasteiger partial charge on any atom is -0.466 e. The molecule has 6 heteroatoms. The van der Waals surface area contributed by atoms with Crippen LogP contribution in [-0.4, -0.2) is 38.4 Å². The molecule has 1 aromatic rings. The van der Waals surface area contributed by atoms with Crippen LogP contribution in [0.4, 0.5) is 0 Å². The first-order chi connectivity index (χ1) is 9.54. The fourth-order valence-corrected chi connectivity index (χ4v) is 3.75. The van der Waals surface area contributed by atoms with Crippen molar-refractivity contribution in [3.05, 3.63) is 29.8 Å². The summed E-state index contributed by atoms with van der Waals surface area (Å²) in [6.45, 7) is 3.28. The van der Waals surface area contributed by atoms with Crippen molar-refractivity contribution in [2.75, 3.05) is 19.7 Å². The number of benzene rings is 1. The first-order valence-electron chi connectivity index (χ1n) is 6.78. The lowest BCUT2D eigenvalue weighted by atomic mass is 10.1. The fourth-order valence-electron chi connectivity index (χ4n) is 2.24. The molecule has 1 aliphatic rings. The lowest BCUT2D eigenvalue weighted by molar-refractivity contribution is -0.142. The molecule has 0 N–H and O–H groups in total. The molecular formula is C14H19NO4S. The van der Waals surface area contributed by atoms with Crippen molar-refractivity contribution >= 4 is 16.0 Å². The van der Waals surface area contributed by atoms with E-state index in [1.54, 1.807) is 31.2 Å². The van der Waals surface area contributed by atoms with Crippen LogP contribution in [0, 0.1) is 0 Å². The highest BCUT2D eigenvalue weighted by atomic mass is 32.2. The molecular weight excluding hydrogens is 278 g/mol. The summed E-state index contributed by atoms with van der Waals surface area (Å²) in [4.78, 5) is 11.6. The highest BCUT2D eigenvalue weighted by molar-refractivity contribution is 7.89. The Morgan fingerprint density at radius 1 is 1.20 bits per heavy atom. The van der Waals surface area contributed by atoms with Crippen LogP contribution in [0.1, 0.15) is 25.3 Å². The SMILES string of the molecule is CCOC(=O)Cc1ccc(S(=O)(=O)N2CCCC2)cc1. The van der Waals surface area contributed by atoms with Crippen LogP contribution in [-0.2, 0) is 26.0 Å². The zero-order valence-electron chi connectivity index (χ0n) is 11.5. The van der Waals surface area contributed by atoms with E-state index in [4.69, 9.17) is 4.74 Å². The Morgan fingerprint density at radius 3 is 2.35 bits per heavy atom. The summed E-state index contributed by atoms with van der Waals surface area (Å²) in [5, 5.41) is 0. The second kappa shape index (κ2) is 6.37. The Kier molecular flexibility index (Phi) is 4.77. The normalized spacial score (nSPS) is 16.2. The van der Waals surface area contributed by atoms with E-state index < -0.39 is 10.0 Å². The highest BCUT2D eigenvalue weighted by Crippen LogP contribution is 2.21. The van der Waals surface area contributed by atoms with Gasteiger partial charge in [0.1, 0.15) is 0 Å². The van der Waals surface area contributed by atoms with Gasteiger partial charge in [-0.2, -0.15) is 4.31 Å². The fraction of sp³-hybridized carbons (Fsp3) is 0.500. The van der Waals surface area contributed by atoms with Crippen molar-refractivity contribution in [2.24, 2.45) is 0 Å². The summed E-state index contributed by atoms with van der Waals surface area (Å²) in [7, 11) is -3.38. The van der Waals surface area contributed by atoms with Gasteiger partial charge in [0.05, 0.1) is 17.9 Å². The third kappa shape index (κ3) is 3.37. The van der Waals surface area contributed by atoms with Gasteiger partial charge in [0.25, 0.3) is 0 Å². The Hall–Kier alpha value is -1.40. The summed E-state index contributed by atoms with van der Waals surface area (Å²) in [5.74, 6) is -0.303. The van der Waals surface area contributed by atoms with Gasteiger partial charge in [-0.25, -0.2) is 8.42 Å². The maximum Gasteiger partial charge on any atom is 0.310 e. The monoisotopic (exact) mass is 297 g/mol. The largest absolute Gasteiger partial charge is 0.466 e. The van der Waals surface area contributed by atoms with Crippen LogP contribution in [0.5, 0.6) is 0 Å². The predicted octanol–water partition coefficient (Wildman–Crippen LogP) is 1.58. The van der Waals surface area contributed by atoms with Gasteiger partial charge in [-0.1, -0.05) is 12.1 Å². The van der Waals surface area contributed by atoms with E-state index >= 15 is 0 Å². The lowest BCUT2D eigenvalue weighted by Crippen LogP contribution is -2.27. The Labute approximate surface area is 119 Å². The molecule has 0 aromatic heterocycles. The molecule has 0 unspecified atom stereocenters. The quantitative estimate of drug-likeness (QED) is 0.774. The molecule has 20 heavy (non-hydrogen) atoms. The molecule has 0 aliphatic carbocycles. The number of carbonyl (C=O) groups excluding carboxylic acids is 1. The van der Waals surface area contributed by atoms with E-state index in [-0.39, 0.29) is 17.3 Å². The molecule has 0 radical (unpaired) electrons. The van der Waals surface area contributed by atoms with E-state index in [1.165, 1.54) is 4.31 Å². The van der Waals surface area contributed by atoms with Crippen molar-refractivity contribution in [3.8, 4) is 0 Å². The van der Waals surface area contributed by atoms with Crippen molar-refractivity contribution in [1.29, 1.82) is 0 Å². The second-order valence-corrected chi connectivity index (χ2v) is 6.67. The number of nitrogens with zero attached hydrogens (tertiary/aromatic N) is 1. The number of rotatable bonds is 5. The topological polar surface area (TPSA) is 63.7 Å². The van der Waals surface area contributed by atoms with E-state index in [0.29, 0.717) is 19.7 Å². The van der Waals surface area contributed by atoms with E-state index in [0.717, 1.165) is 18.4 Å². The Morgan fingerprint density at radius 2 is 1.80 bits per heavy atom. The standard InChI is InChI=1S/C14H19NO4S/c1-2-19-14(16)11-12-5-7-13(8-6-12)20(17,18)15-9-3-4-10-15/h5-8H,2-4,9-11H2,1H3. The van der Waals surface area contributed by atoms with Gasteiger partial charge in [-0.3, -0.25) is 4.79 Å². The molecule has 0 saturated carbocycles. The number of hydrogen-bond donors (Lipinski definition) is 0. The van der Waals surface area contributed by atoms with Crippen molar-refractivity contribution in [3.63, 3.8) is 0 Å². The van der Waals surface area contributed by atoms with Gasteiger partial charge in [-0.05, 0) is 37.5 Å². The van der Waals surface area contributed by atoms with E-state index in [9.17, 15) is 13.2 Å². The van der Waals surface area contributed by atoms with Crippen molar-refractivity contribution < 1.29 is 17.9 Å². The van der Waals surface area contributed by atoms with Crippen LogP contribution in [0.15, 0.2) is 29.2 Å². The zero-order valence-corrected chi connectivity index (χ0v) is 12.4. The molecule has 5 nitrogen and oxygen atoms in total. The minimum absolute atomic E-state index is 0.165. The lowest BCUT2D eigenvalue weighted by Gasteiger charge is -2.15. The molecule has 0 bridgehead atoms. The van der Waals surface area contributed by atoms with Crippen molar-refractivity contribution in [1.82, 2.24) is 4.31 Å².